The van der Waals surface area contributed by atoms with Crippen LogP contribution in [0.25, 0.3) is 0 Å². The first-order valence-electron chi connectivity index (χ1n) is 3.42. The van der Waals surface area contributed by atoms with Crippen LogP contribution in [-0.4, -0.2) is 23.3 Å². The van der Waals surface area contributed by atoms with Crippen LogP contribution < -0.4 is 4.87 Å². The first-order valence-corrected chi connectivity index (χ1v) is 4.24. The van der Waals surface area contributed by atoms with Gasteiger partial charge >= 0.3 is 4.87 Å². The van der Waals surface area contributed by atoms with Crippen molar-refractivity contribution in [1.82, 2.24) is 4.98 Å². The van der Waals surface area contributed by atoms with Crippen molar-refractivity contribution in [2.75, 3.05) is 13.2 Å². The van der Waals surface area contributed by atoms with Crippen LogP contribution >= 0.6 is 11.3 Å². The van der Waals surface area contributed by atoms with Crippen molar-refractivity contribution in [3.8, 4) is 5.88 Å². The van der Waals surface area contributed by atoms with Gasteiger partial charge in [-0.1, -0.05) is 11.3 Å². The Bertz CT molecular complexity index is 325. The summed E-state index contributed by atoms with van der Waals surface area (Å²) < 4.78 is 10.2. The number of thiazole rings is 1. The minimum absolute atomic E-state index is 0.156. The van der Waals surface area contributed by atoms with E-state index in [0.717, 1.165) is 11.3 Å². The van der Waals surface area contributed by atoms with Gasteiger partial charge in [-0.15, -0.1) is 0 Å². The lowest BCUT2D eigenvalue weighted by atomic mass is 10.5. The third-order valence-electron chi connectivity index (χ3n) is 1.49. The van der Waals surface area contributed by atoms with E-state index in [4.69, 9.17) is 9.47 Å². The van der Waals surface area contributed by atoms with Gasteiger partial charge in [0.1, 0.15) is 4.88 Å². The van der Waals surface area contributed by atoms with E-state index in [1.165, 1.54) is 0 Å². The minimum atomic E-state index is -0.575. The summed E-state index contributed by atoms with van der Waals surface area (Å²) in [5.74, 6) is -0.156. The topological polar surface area (TPSA) is 71.6 Å². The molecule has 12 heavy (non-hydrogen) atoms. The molecule has 1 fully saturated rings. The molecule has 5 nitrogen and oxygen atoms in total. The van der Waals surface area contributed by atoms with Crippen molar-refractivity contribution in [3.63, 3.8) is 0 Å². The van der Waals surface area contributed by atoms with Gasteiger partial charge in [-0.05, 0) is 0 Å². The molecule has 66 valence electrons. The molecule has 2 N–H and O–H groups in total. The second-order valence-corrected chi connectivity index (χ2v) is 3.32. The van der Waals surface area contributed by atoms with Crippen LogP contribution in [0.3, 0.4) is 0 Å². The van der Waals surface area contributed by atoms with Crippen LogP contribution in [0.15, 0.2) is 4.79 Å². The lowest BCUT2D eigenvalue weighted by Crippen LogP contribution is -1.94. The first kappa shape index (κ1) is 7.78. The lowest BCUT2D eigenvalue weighted by Gasteiger charge is -2.04. The summed E-state index contributed by atoms with van der Waals surface area (Å²) >= 11 is 0.901. The van der Waals surface area contributed by atoms with Crippen LogP contribution in [0.4, 0.5) is 0 Å². The van der Waals surface area contributed by atoms with Crippen molar-refractivity contribution in [3.05, 3.63) is 14.5 Å². The summed E-state index contributed by atoms with van der Waals surface area (Å²) in [5, 5.41) is 9.19. The largest absolute Gasteiger partial charge is 0.494 e. The molecular weight excluding hydrogens is 182 g/mol. The molecule has 0 saturated carbocycles. The molecule has 1 aliphatic rings. The van der Waals surface area contributed by atoms with Crippen molar-refractivity contribution >= 4 is 11.3 Å². The number of nitrogens with one attached hydrogen (secondary N) is 1. The molecule has 0 unspecified atom stereocenters. The minimum Gasteiger partial charge on any atom is -0.494 e. The van der Waals surface area contributed by atoms with Gasteiger partial charge in [0, 0.05) is 0 Å². The number of hydrogen-bond donors (Lipinski definition) is 2. The maximum atomic E-state index is 10.8. The van der Waals surface area contributed by atoms with Gasteiger partial charge in [-0.2, -0.15) is 0 Å². The predicted molar refractivity (Wildman–Crippen MR) is 41.2 cm³/mol. The fraction of sp³-hybridized carbons (Fsp3) is 0.500. The highest BCUT2D eigenvalue weighted by molar-refractivity contribution is 7.09. The summed E-state index contributed by atoms with van der Waals surface area (Å²) in [4.78, 5) is 13.1. The van der Waals surface area contributed by atoms with E-state index in [-0.39, 0.29) is 10.8 Å². The smallest absolute Gasteiger partial charge is 0.307 e. The quantitative estimate of drug-likeness (QED) is 0.661. The molecule has 1 aromatic rings. The maximum Gasteiger partial charge on any atom is 0.307 e. The Morgan fingerprint density at radius 3 is 2.67 bits per heavy atom. The fourth-order valence-corrected chi connectivity index (χ4v) is 1.73. The third-order valence-corrected chi connectivity index (χ3v) is 2.39. The number of ether oxygens (including phenoxy) is 2. The SMILES string of the molecule is O=c1[nH]c(O)c(C2OCCO2)s1. The standard InChI is InChI=1S/C6H7NO4S/c8-4-3(12-6(9)7-4)5-10-1-2-11-5/h5,8H,1-2H2,(H,7,9). The summed E-state index contributed by atoms with van der Waals surface area (Å²) in [5.41, 5.74) is 0. The lowest BCUT2D eigenvalue weighted by molar-refractivity contribution is -0.0428. The molecular formula is C6H7NO4S. The van der Waals surface area contributed by atoms with E-state index in [0.29, 0.717) is 18.1 Å². The van der Waals surface area contributed by atoms with Crippen molar-refractivity contribution in [2.24, 2.45) is 0 Å². The molecule has 1 saturated heterocycles. The highest BCUT2D eigenvalue weighted by Gasteiger charge is 2.24. The van der Waals surface area contributed by atoms with E-state index in [9.17, 15) is 9.90 Å². The maximum absolute atomic E-state index is 10.8. The van der Waals surface area contributed by atoms with E-state index in [1.807, 2.05) is 0 Å². The Labute approximate surface area is 71.6 Å². The summed E-state index contributed by atoms with van der Waals surface area (Å²) in [7, 11) is 0. The fourth-order valence-electron chi connectivity index (χ4n) is 1.00. The van der Waals surface area contributed by atoms with E-state index >= 15 is 0 Å². The number of aromatic amines is 1. The molecule has 0 amide bonds. The van der Waals surface area contributed by atoms with E-state index in [2.05, 4.69) is 4.98 Å². The molecule has 0 atom stereocenters. The number of rotatable bonds is 1. The first-order chi connectivity index (χ1) is 5.77. The van der Waals surface area contributed by atoms with Crippen molar-refractivity contribution < 1.29 is 14.6 Å². The number of H-pyrrole nitrogens is 1. The Balaban J connectivity index is 2.31. The Morgan fingerprint density at radius 1 is 1.50 bits per heavy atom. The van der Waals surface area contributed by atoms with Crippen LogP contribution in [0.2, 0.25) is 0 Å². The molecule has 1 aromatic heterocycles. The van der Waals surface area contributed by atoms with E-state index in [1.54, 1.807) is 0 Å². The molecule has 0 radical (unpaired) electrons. The Morgan fingerprint density at radius 2 is 2.17 bits per heavy atom. The number of aromatic hydroxyl groups is 1. The van der Waals surface area contributed by atoms with Crippen LogP contribution in [0.1, 0.15) is 11.2 Å². The van der Waals surface area contributed by atoms with Gasteiger partial charge < -0.3 is 14.6 Å². The molecule has 0 spiro atoms. The van der Waals surface area contributed by atoms with Crippen LogP contribution in [0.5, 0.6) is 5.88 Å². The highest BCUT2D eigenvalue weighted by atomic mass is 32.1. The summed E-state index contributed by atoms with van der Waals surface area (Å²) in [6.45, 7) is 0.992. The predicted octanol–water partition coefficient (Wildman–Crippen LogP) is 0.187. The Kier molecular flexibility index (Phi) is 1.87. The molecule has 0 bridgehead atoms. The molecule has 6 heteroatoms. The molecule has 0 aromatic carbocycles. The van der Waals surface area contributed by atoms with Crippen molar-refractivity contribution in [1.29, 1.82) is 0 Å². The zero-order valence-electron chi connectivity index (χ0n) is 6.07. The molecule has 0 aliphatic carbocycles. The van der Waals surface area contributed by atoms with E-state index < -0.39 is 6.29 Å². The average Bonchev–Trinajstić information content (AvgIpc) is 2.58. The normalized spacial score (nSPS) is 18.7. The summed E-state index contributed by atoms with van der Waals surface area (Å²) in [6.07, 6.45) is -0.575. The van der Waals surface area contributed by atoms with Gasteiger partial charge in [0.05, 0.1) is 13.2 Å². The van der Waals surface area contributed by atoms with Crippen LogP contribution in [-0.2, 0) is 9.47 Å². The van der Waals surface area contributed by atoms with Gasteiger partial charge in [0.15, 0.2) is 6.29 Å². The Hall–Kier alpha value is -0.850. The summed E-state index contributed by atoms with van der Waals surface area (Å²) in [6, 6.07) is 0. The van der Waals surface area contributed by atoms with Gasteiger partial charge in [-0.25, -0.2) is 0 Å². The van der Waals surface area contributed by atoms with Crippen LogP contribution in [0, 0.1) is 0 Å². The zero-order valence-corrected chi connectivity index (χ0v) is 6.89. The number of aromatic nitrogens is 1. The average molecular weight is 189 g/mol. The zero-order chi connectivity index (χ0) is 8.55. The van der Waals surface area contributed by atoms with Gasteiger partial charge in [-0.3, -0.25) is 9.78 Å². The molecule has 1 aliphatic heterocycles. The number of hydrogen-bond acceptors (Lipinski definition) is 5. The highest BCUT2D eigenvalue weighted by Crippen LogP contribution is 2.30. The molecule has 2 rings (SSSR count). The monoisotopic (exact) mass is 189 g/mol. The second kappa shape index (κ2) is 2.89. The third kappa shape index (κ3) is 1.24. The second-order valence-electron chi connectivity index (χ2n) is 2.30. The van der Waals surface area contributed by atoms with Gasteiger partial charge in [0.25, 0.3) is 0 Å². The van der Waals surface area contributed by atoms with Gasteiger partial charge in [0.2, 0.25) is 5.88 Å². The molecule has 2 heterocycles. The van der Waals surface area contributed by atoms with Crippen molar-refractivity contribution in [2.45, 2.75) is 6.29 Å².